The maximum atomic E-state index is 6.06. The third-order valence-electron chi connectivity index (χ3n) is 4.39. The molecule has 1 saturated carbocycles. The van der Waals surface area contributed by atoms with Crippen molar-refractivity contribution in [2.75, 3.05) is 0 Å². The van der Waals surface area contributed by atoms with Crippen LogP contribution < -0.4 is 10.1 Å². The van der Waals surface area contributed by atoms with Gasteiger partial charge in [0.25, 0.3) is 0 Å². The molecule has 21 heavy (non-hydrogen) atoms. The molecule has 4 nitrogen and oxygen atoms in total. The Labute approximate surface area is 125 Å². The number of para-hydroxylation sites is 1. The van der Waals surface area contributed by atoms with Crippen LogP contribution in [0.25, 0.3) is 0 Å². The van der Waals surface area contributed by atoms with Gasteiger partial charge in [-0.3, -0.25) is 0 Å². The fourth-order valence-electron chi connectivity index (χ4n) is 3.00. The van der Waals surface area contributed by atoms with E-state index in [1.807, 2.05) is 12.3 Å². The van der Waals surface area contributed by atoms with Crippen molar-refractivity contribution < 1.29 is 4.74 Å². The molecule has 0 radical (unpaired) electrons. The Bertz CT molecular complexity index is 620. The van der Waals surface area contributed by atoms with Crippen molar-refractivity contribution in [1.29, 1.82) is 0 Å². The molecule has 2 aromatic rings. The summed E-state index contributed by atoms with van der Waals surface area (Å²) in [6.07, 6.45) is 5.83. The predicted octanol–water partition coefficient (Wildman–Crippen LogP) is 2.45. The van der Waals surface area contributed by atoms with E-state index in [-0.39, 0.29) is 6.10 Å². The third kappa shape index (κ3) is 2.68. The molecule has 2 heterocycles. The zero-order valence-corrected chi connectivity index (χ0v) is 12.4. The van der Waals surface area contributed by atoms with Crippen LogP contribution in [0.3, 0.4) is 0 Å². The number of fused-ring (bicyclic) bond motifs is 1. The van der Waals surface area contributed by atoms with Crippen molar-refractivity contribution in [2.45, 2.75) is 51.4 Å². The molecule has 0 spiro atoms. The molecule has 0 saturated heterocycles. The van der Waals surface area contributed by atoms with E-state index in [4.69, 9.17) is 4.74 Å². The van der Waals surface area contributed by atoms with Crippen LogP contribution in [0.1, 0.15) is 29.9 Å². The first-order valence-corrected chi connectivity index (χ1v) is 7.78. The summed E-state index contributed by atoms with van der Waals surface area (Å²) in [6.45, 7) is 3.86. The van der Waals surface area contributed by atoms with Gasteiger partial charge < -0.3 is 14.6 Å². The van der Waals surface area contributed by atoms with Crippen LogP contribution in [0.5, 0.6) is 5.75 Å². The van der Waals surface area contributed by atoms with Crippen molar-refractivity contribution >= 4 is 0 Å². The molecule has 1 N–H and O–H groups in total. The second kappa shape index (κ2) is 5.19. The summed E-state index contributed by atoms with van der Waals surface area (Å²) in [4.78, 5) is 4.47. The van der Waals surface area contributed by atoms with Crippen molar-refractivity contribution in [3.05, 3.63) is 47.5 Å². The number of aromatic nitrogens is 2. The molecule has 1 aliphatic carbocycles. The van der Waals surface area contributed by atoms with Gasteiger partial charge in [-0.25, -0.2) is 4.98 Å². The van der Waals surface area contributed by atoms with Crippen molar-refractivity contribution in [3.8, 4) is 5.75 Å². The van der Waals surface area contributed by atoms with Gasteiger partial charge in [-0.05, 0) is 31.4 Å². The molecular formula is C17H21N3O. The first-order chi connectivity index (χ1) is 10.3. The number of imidazole rings is 1. The fourth-order valence-corrected chi connectivity index (χ4v) is 3.00. The van der Waals surface area contributed by atoms with Gasteiger partial charge in [0, 0.05) is 25.2 Å². The standard InChI is InChI=1S/C17H21N3O/c1-12-18-9-15(10-19-14-6-7-14)20(12)11-16-8-13-4-2-3-5-17(13)21-16/h2-5,9,14,16,19H,6-8,10-11H2,1H3. The summed E-state index contributed by atoms with van der Waals surface area (Å²) >= 11 is 0. The predicted molar refractivity (Wildman–Crippen MR) is 81.4 cm³/mol. The molecule has 1 aromatic heterocycles. The third-order valence-corrected chi connectivity index (χ3v) is 4.39. The molecule has 1 aliphatic heterocycles. The minimum Gasteiger partial charge on any atom is -0.488 e. The highest BCUT2D eigenvalue weighted by Gasteiger charge is 2.25. The lowest BCUT2D eigenvalue weighted by molar-refractivity contribution is 0.206. The van der Waals surface area contributed by atoms with Gasteiger partial charge >= 0.3 is 0 Å². The minimum absolute atomic E-state index is 0.218. The van der Waals surface area contributed by atoms with Crippen molar-refractivity contribution in [1.82, 2.24) is 14.9 Å². The van der Waals surface area contributed by atoms with E-state index in [1.54, 1.807) is 0 Å². The highest BCUT2D eigenvalue weighted by atomic mass is 16.5. The molecule has 1 fully saturated rings. The topological polar surface area (TPSA) is 39.1 Å². The van der Waals surface area contributed by atoms with Gasteiger partial charge in [-0.2, -0.15) is 0 Å². The van der Waals surface area contributed by atoms with Crippen LogP contribution >= 0.6 is 0 Å². The molecular weight excluding hydrogens is 262 g/mol. The zero-order chi connectivity index (χ0) is 14.2. The maximum absolute atomic E-state index is 6.06. The summed E-state index contributed by atoms with van der Waals surface area (Å²) < 4.78 is 8.36. The van der Waals surface area contributed by atoms with Gasteiger partial charge in [0.1, 0.15) is 17.7 Å². The van der Waals surface area contributed by atoms with Gasteiger partial charge in [0.05, 0.1) is 12.2 Å². The van der Waals surface area contributed by atoms with E-state index in [0.29, 0.717) is 0 Å². The van der Waals surface area contributed by atoms with Gasteiger partial charge in [0.2, 0.25) is 0 Å². The Morgan fingerprint density at radius 1 is 1.33 bits per heavy atom. The molecule has 0 amide bonds. The van der Waals surface area contributed by atoms with Crippen LogP contribution in [0, 0.1) is 6.92 Å². The maximum Gasteiger partial charge on any atom is 0.123 e. The SMILES string of the molecule is Cc1ncc(CNC2CC2)n1CC1Cc2ccccc2O1. The Balaban J connectivity index is 1.46. The van der Waals surface area contributed by atoms with Crippen LogP contribution in [0.2, 0.25) is 0 Å². The van der Waals surface area contributed by atoms with Gasteiger partial charge in [0.15, 0.2) is 0 Å². The number of ether oxygens (including phenoxy) is 1. The Morgan fingerprint density at radius 2 is 2.19 bits per heavy atom. The lowest BCUT2D eigenvalue weighted by atomic mass is 10.1. The van der Waals surface area contributed by atoms with Gasteiger partial charge in [-0.1, -0.05) is 18.2 Å². The summed E-state index contributed by atoms with van der Waals surface area (Å²) in [6, 6.07) is 9.06. The quantitative estimate of drug-likeness (QED) is 0.916. The van der Waals surface area contributed by atoms with Crippen LogP contribution in [-0.2, 0) is 19.5 Å². The summed E-state index contributed by atoms with van der Waals surface area (Å²) in [7, 11) is 0. The summed E-state index contributed by atoms with van der Waals surface area (Å²) in [5.74, 6) is 2.11. The number of hydrogen-bond donors (Lipinski definition) is 1. The average Bonchev–Trinajstić information content (AvgIpc) is 3.13. The molecule has 4 rings (SSSR count). The number of rotatable bonds is 5. The molecule has 1 unspecified atom stereocenters. The molecule has 4 heteroatoms. The van der Waals surface area contributed by atoms with E-state index in [1.165, 1.54) is 24.1 Å². The molecule has 1 atom stereocenters. The second-order valence-electron chi connectivity index (χ2n) is 6.11. The number of hydrogen-bond acceptors (Lipinski definition) is 3. The highest BCUT2D eigenvalue weighted by molar-refractivity contribution is 5.37. The van der Waals surface area contributed by atoms with E-state index < -0.39 is 0 Å². The monoisotopic (exact) mass is 283 g/mol. The Hall–Kier alpha value is -1.81. The fraction of sp³-hybridized carbons (Fsp3) is 0.471. The number of nitrogens with one attached hydrogen (secondary N) is 1. The summed E-state index contributed by atoms with van der Waals surface area (Å²) in [5.41, 5.74) is 2.58. The van der Waals surface area contributed by atoms with Crippen molar-refractivity contribution in [2.24, 2.45) is 0 Å². The highest BCUT2D eigenvalue weighted by Crippen LogP contribution is 2.29. The number of nitrogens with zero attached hydrogens (tertiary/aromatic N) is 2. The van der Waals surface area contributed by atoms with Crippen LogP contribution in [-0.4, -0.2) is 21.7 Å². The first-order valence-electron chi connectivity index (χ1n) is 7.78. The average molecular weight is 283 g/mol. The summed E-state index contributed by atoms with van der Waals surface area (Å²) in [5, 5.41) is 3.57. The smallest absolute Gasteiger partial charge is 0.123 e. The van der Waals surface area contributed by atoms with Crippen molar-refractivity contribution in [3.63, 3.8) is 0 Å². The molecule has 110 valence electrons. The number of aryl methyl sites for hydroxylation is 1. The van der Waals surface area contributed by atoms with Crippen LogP contribution in [0.15, 0.2) is 30.5 Å². The molecule has 2 aliphatic rings. The van der Waals surface area contributed by atoms with E-state index >= 15 is 0 Å². The largest absolute Gasteiger partial charge is 0.488 e. The number of benzene rings is 1. The second-order valence-corrected chi connectivity index (χ2v) is 6.11. The molecule has 1 aromatic carbocycles. The normalized spacial score (nSPS) is 20.3. The lowest BCUT2D eigenvalue weighted by Gasteiger charge is -2.16. The lowest BCUT2D eigenvalue weighted by Crippen LogP contribution is -2.25. The van der Waals surface area contributed by atoms with Gasteiger partial charge in [-0.15, -0.1) is 0 Å². The van der Waals surface area contributed by atoms with Crippen LogP contribution in [0.4, 0.5) is 0 Å². The Kier molecular flexibility index (Phi) is 3.19. The molecule has 0 bridgehead atoms. The van der Waals surface area contributed by atoms with E-state index in [9.17, 15) is 0 Å². The first kappa shape index (κ1) is 12.9. The zero-order valence-electron chi connectivity index (χ0n) is 12.4. The van der Waals surface area contributed by atoms with E-state index in [0.717, 1.165) is 37.1 Å². The minimum atomic E-state index is 0.218. The van der Waals surface area contributed by atoms with E-state index in [2.05, 4.69) is 40.0 Å². The Morgan fingerprint density at radius 3 is 3.00 bits per heavy atom.